The van der Waals surface area contributed by atoms with Gasteiger partial charge in [-0.15, -0.1) is 0 Å². The Kier molecular flexibility index (Phi) is 4.30. The highest BCUT2D eigenvalue weighted by atomic mass is 16.3. The molecule has 4 heteroatoms. The maximum atomic E-state index is 12.5. The van der Waals surface area contributed by atoms with E-state index in [1.165, 1.54) is 0 Å². The molecule has 0 aliphatic carbocycles. The van der Waals surface area contributed by atoms with Crippen molar-refractivity contribution >= 4 is 33.2 Å². The van der Waals surface area contributed by atoms with Crippen molar-refractivity contribution in [2.75, 3.05) is 0 Å². The van der Waals surface area contributed by atoms with Gasteiger partial charge in [-0.1, -0.05) is 60.7 Å². The van der Waals surface area contributed by atoms with Crippen LogP contribution in [0.4, 0.5) is 0 Å². The Morgan fingerprint density at radius 1 is 0.815 bits per heavy atom. The van der Waals surface area contributed by atoms with Gasteiger partial charge in [0.15, 0.2) is 0 Å². The fraction of sp³-hybridized carbons (Fsp3) is 0.0435. The molecule has 0 bridgehead atoms. The number of hydrogen-bond acceptors (Lipinski definition) is 3. The number of phenols is 1. The summed E-state index contributed by atoms with van der Waals surface area (Å²) in [7, 11) is 0. The number of rotatable bonds is 3. The zero-order chi connectivity index (χ0) is 18.8. The lowest BCUT2D eigenvalue weighted by molar-refractivity contribution is 0.0952. The van der Waals surface area contributed by atoms with Crippen molar-refractivity contribution in [2.24, 2.45) is 5.10 Å². The Balaban J connectivity index is 1.59. The first-order valence-electron chi connectivity index (χ1n) is 8.67. The third-order valence-corrected chi connectivity index (χ3v) is 4.60. The largest absolute Gasteiger partial charge is 0.507 e. The van der Waals surface area contributed by atoms with Crippen molar-refractivity contribution in [3.63, 3.8) is 0 Å². The van der Waals surface area contributed by atoms with Crippen molar-refractivity contribution in [2.45, 2.75) is 6.92 Å². The van der Waals surface area contributed by atoms with E-state index >= 15 is 0 Å². The smallest absolute Gasteiger partial charge is 0.275 e. The highest BCUT2D eigenvalue weighted by molar-refractivity contribution is 6.05. The van der Waals surface area contributed by atoms with Gasteiger partial charge in [-0.05, 0) is 52.2 Å². The Morgan fingerprint density at radius 3 is 2.11 bits per heavy atom. The van der Waals surface area contributed by atoms with Gasteiger partial charge in [0.1, 0.15) is 5.75 Å². The molecule has 0 atom stereocenters. The van der Waals surface area contributed by atoms with Crippen LogP contribution in [0.5, 0.6) is 5.75 Å². The molecule has 2 N–H and O–H groups in total. The Hall–Kier alpha value is -3.66. The first-order valence-corrected chi connectivity index (χ1v) is 8.67. The van der Waals surface area contributed by atoms with Crippen molar-refractivity contribution in [1.82, 2.24) is 5.43 Å². The molecular weight excluding hydrogens is 336 g/mol. The molecule has 4 aromatic carbocycles. The molecule has 0 fully saturated rings. The van der Waals surface area contributed by atoms with Crippen molar-refractivity contribution in [3.05, 3.63) is 90.0 Å². The Bertz CT molecular complexity index is 1200. The lowest BCUT2D eigenvalue weighted by Gasteiger charge is -2.07. The molecule has 1 amide bonds. The second kappa shape index (κ2) is 6.92. The number of amides is 1. The molecule has 4 nitrogen and oxygen atoms in total. The van der Waals surface area contributed by atoms with Gasteiger partial charge in [0.25, 0.3) is 5.91 Å². The molecule has 0 aliphatic rings. The average Bonchev–Trinajstić information content (AvgIpc) is 2.70. The summed E-state index contributed by atoms with van der Waals surface area (Å²) >= 11 is 0. The number of aromatic hydroxyl groups is 1. The molecule has 0 radical (unpaired) electrons. The van der Waals surface area contributed by atoms with Crippen LogP contribution in [-0.2, 0) is 0 Å². The van der Waals surface area contributed by atoms with E-state index in [-0.39, 0.29) is 11.3 Å². The number of hydrogen-bond donors (Lipinski definition) is 2. The molecule has 4 rings (SSSR count). The number of phenolic OH excluding ortho intramolecular Hbond substituents is 1. The lowest BCUT2D eigenvalue weighted by atomic mass is 10.0. The van der Waals surface area contributed by atoms with E-state index in [0.29, 0.717) is 5.71 Å². The molecule has 0 saturated heterocycles. The molecule has 0 aromatic heterocycles. The number of nitrogens with one attached hydrogen (secondary N) is 1. The van der Waals surface area contributed by atoms with E-state index in [9.17, 15) is 9.90 Å². The standard InChI is InChI=1S/C23H18N2O2/c1-15(17-11-10-16-6-2-3-7-18(16)12-17)24-25-23(27)21-13-19-8-4-5-9-20(19)14-22(21)26/h2-14,26H,1H3,(H,25,27). The molecule has 4 aromatic rings. The van der Waals surface area contributed by atoms with Crippen LogP contribution in [0.2, 0.25) is 0 Å². The highest BCUT2D eigenvalue weighted by Gasteiger charge is 2.12. The number of nitrogens with zero attached hydrogens (tertiary/aromatic N) is 1. The third-order valence-electron chi connectivity index (χ3n) is 4.60. The minimum atomic E-state index is -0.446. The minimum absolute atomic E-state index is 0.0650. The lowest BCUT2D eigenvalue weighted by Crippen LogP contribution is -2.19. The van der Waals surface area contributed by atoms with Gasteiger partial charge in [0.2, 0.25) is 0 Å². The van der Waals surface area contributed by atoms with Crippen LogP contribution in [-0.4, -0.2) is 16.7 Å². The number of benzene rings is 4. The van der Waals surface area contributed by atoms with Gasteiger partial charge in [-0.2, -0.15) is 5.10 Å². The average molecular weight is 354 g/mol. The summed E-state index contributed by atoms with van der Waals surface area (Å²) in [6, 6.07) is 24.9. The first-order chi connectivity index (χ1) is 13.1. The van der Waals surface area contributed by atoms with Crippen LogP contribution in [0.15, 0.2) is 84.0 Å². The zero-order valence-electron chi connectivity index (χ0n) is 14.8. The van der Waals surface area contributed by atoms with Crippen LogP contribution < -0.4 is 5.43 Å². The second-order valence-corrected chi connectivity index (χ2v) is 6.42. The van der Waals surface area contributed by atoms with Gasteiger partial charge >= 0.3 is 0 Å². The molecule has 27 heavy (non-hydrogen) atoms. The maximum absolute atomic E-state index is 12.5. The Morgan fingerprint density at radius 2 is 1.41 bits per heavy atom. The summed E-state index contributed by atoms with van der Waals surface area (Å²) in [5.41, 5.74) is 4.35. The monoisotopic (exact) mass is 354 g/mol. The number of fused-ring (bicyclic) bond motifs is 2. The topological polar surface area (TPSA) is 61.7 Å². The van der Waals surface area contributed by atoms with Crippen LogP contribution in [0.25, 0.3) is 21.5 Å². The third kappa shape index (κ3) is 3.37. The summed E-state index contributed by atoms with van der Waals surface area (Å²) in [4.78, 5) is 12.5. The number of carbonyl (C=O) groups excluding carboxylic acids is 1. The van der Waals surface area contributed by atoms with Crippen LogP contribution in [0.3, 0.4) is 0 Å². The molecule has 0 heterocycles. The maximum Gasteiger partial charge on any atom is 0.275 e. The molecule has 132 valence electrons. The predicted octanol–water partition coefficient (Wildman–Crippen LogP) is 4.85. The van der Waals surface area contributed by atoms with Gasteiger partial charge in [-0.3, -0.25) is 4.79 Å². The second-order valence-electron chi connectivity index (χ2n) is 6.42. The minimum Gasteiger partial charge on any atom is -0.507 e. The molecule has 0 saturated carbocycles. The van der Waals surface area contributed by atoms with Gasteiger partial charge in [0, 0.05) is 0 Å². The van der Waals surface area contributed by atoms with E-state index in [4.69, 9.17) is 0 Å². The van der Waals surface area contributed by atoms with E-state index in [1.807, 2.05) is 67.6 Å². The van der Waals surface area contributed by atoms with Crippen LogP contribution >= 0.6 is 0 Å². The zero-order valence-corrected chi connectivity index (χ0v) is 14.8. The summed E-state index contributed by atoms with van der Waals surface area (Å²) in [6.45, 7) is 1.84. The van der Waals surface area contributed by atoms with Gasteiger partial charge < -0.3 is 5.11 Å². The normalized spacial score (nSPS) is 11.7. The predicted molar refractivity (Wildman–Crippen MR) is 109 cm³/mol. The first kappa shape index (κ1) is 16.8. The van der Waals surface area contributed by atoms with Gasteiger partial charge in [-0.25, -0.2) is 5.43 Å². The Labute approximate surface area is 156 Å². The van der Waals surface area contributed by atoms with E-state index in [2.05, 4.69) is 16.6 Å². The van der Waals surface area contributed by atoms with Crippen molar-refractivity contribution < 1.29 is 9.90 Å². The van der Waals surface area contributed by atoms with Crippen molar-refractivity contribution in [3.8, 4) is 5.75 Å². The van der Waals surface area contributed by atoms with E-state index < -0.39 is 5.91 Å². The quantitative estimate of drug-likeness (QED) is 0.408. The molecule has 0 aliphatic heterocycles. The summed E-state index contributed by atoms with van der Waals surface area (Å²) < 4.78 is 0. The van der Waals surface area contributed by atoms with Gasteiger partial charge in [0.05, 0.1) is 11.3 Å². The summed E-state index contributed by atoms with van der Waals surface area (Å²) in [6.07, 6.45) is 0. The van der Waals surface area contributed by atoms with Crippen molar-refractivity contribution in [1.29, 1.82) is 0 Å². The molecular formula is C23H18N2O2. The van der Waals surface area contributed by atoms with Crippen LogP contribution in [0, 0.1) is 0 Å². The fourth-order valence-electron chi connectivity index (χ4n) is 3.08. The van der Waals surface area contributed by atoms with Crippen LogP contribution in [0.1, 0.15) is 22.8 Å². The molecule has 0 unspecified atom stereocenters. The SMILES string of the molecule is CC(=NNC(=O)c1cc2ccccc2cc1O)c1ccc2ccccc2c1. The van der Waals surface area contributed by atoms with E-state index in [1.54, 1.807) is 12.1 Å². The summed E-state index contributed by atoms with van der Waals surface area (Å²) in [5, 5.41) is 18.4. The highest BCUT2D eigenvalue weighted by Crippen LogP contribution is 2.25. The van der Waals surface area contributed by atoms with E-state index in [0.717, 1.165) is 27.1 Å². The fourth-order valence-corrected chi connectivity index (χ4v) is 3.08. The number of carbonyl (C=O) groups is 1. The molecule has 0 spiro atoms. The number of hydrazone groups is 1. The summed E-state index contributed by atoms with van der Waals surface area (Å²) in [5.74, 6) is -0.511.